The number of piperazine rings is 1. The third kappa shape index (κ3) is 1.87. The molecule has 1 saturated heterocycles. The Hall–Kier alpha value is -1.17. The Morgan fingerprint density at radius 3 is 2.45 bits per heavy atom. The van der Waals surface area contributed by atoms with Gasteiger partial charge in [-0.3, -0.25) is 0 Å². The molecule has 0 radical (unpaired) electrons. The molecule has 1 rings (SSSR count). The van der Waals surface area contributed by atoms with E-state index in [1.807, 2.05) is 0 Å². The van der Waals surface area contributed by atoms with E-state index in [-0.39, 0.29) is 0 Å². The number of hydrogen-bond donors (Lipinski definition) is 1. The molecule has 0 aromatic carbocycles. The molecular weight excluding hydrogens is 150 g/mol. The van der Waals surface area contributed by atoms with Gasteiger partial charge in [0.2, 0.25) is 0 Å². The van der Waals surface area contributed by atoms with Crippen molar-refractivity contribution in [3.05, 3.63) is 10.1 Å². The van der Waals surface area contributed by atoms with Crippen LogP contribution in [-0.2, 0) is 0 Å². The maximum Gasteiger partial charge on any atom is 0.534 e. The van der Waals surface area contributed by atoms with Crippen molar-refractivity contribution in [2.45, 2.75) is 0 Å². The monoisotopic (exact) mass is 159 g/mol. The van der Waals surface area contributed by atoms with Gasteiger partial charge in [0.1, 0.15) is 13.1 Å². The van der Waals surface area contributed by atoms with Crippen LogP contribution in [0.5, 0.6) is 0 Å². The third-order valence-corrected chi connectivity index (χ3v) is 1.54. The van der Waals surface area contributed by atoms with Gasteiger partial charge in [-0.25, -0.2) is 4.90 Å². The van der Waals surface area contributed by atoms with E-state index in [1.165, 1.54) is 4.90 Å². The summed E-state index contributed by atoms with van der Waals surface area (Å²) in [6.07, 6.45) is 0. The molecule has 0 atom stereocenters. The van der Waals surface area contributed by atoms with Crippen molar-refractivity contribution in [1.82, 2.24) is 10.2 Å². The number of nitro groups is 1. The normalized spacial score (nSPS) is 18.0. The van der Waals surface area contributed by atoms with E-state index in [1.54, 1.807) is 0 Å². The quantitative estimate of drug-likeness (QED) is 0.374. The van der Waals surface area contributed by atoms with Crippen LogP contribution in [0.4, 0.5) is 4.79 Å². The summed E-state index contributed by atoms with van der Waals surface area (Å²) < 4.78 is 0. The maximum absolute atomic E-state index is 10.7. The summed E-state index contributed by atoms with van der Waals surface area (Å²) in [5.41, 5.74) is 0. The fraction of sp³-hybridized carbons (Fsp3) is 0.800. The van der Waals surface area contributed by atoms with Gasteiger partial charge >= 0.3 is 6.03 Å². The van der Waals surface area contributed by atoms with E-state index < -0.39 is 11.0 Å². The second-order valence-corrected chi connectivity index (χ2v) is 2.28. The molecule has 0 saturated carbocycles. The molecule has 0 spiro atoms. The number of rotatable bonds is 0. The van der Waals surface area contributed by atoms with Gasteiger partial charge in [0.25, 0.3) is 0 Å². The fourth-order valence-electron chi connectivity index (χ4n) is 0.972. The molecule has 1 fully saturated rings. The zero-order chi connectivity index (χ0) is 8.27. The second-order valence-electron chi connectivity index (χ2n) is 2.28. The largest absolute Gasteiger partial charge is 0.534 e. The first-order valence-corrected chi connectivity index (χ1v) is 3.36. The topological polar surface area (TPSA) is 75.5 Å². The van der Waals surface area contributed by atoms with Gasteiger partial charge in [-0.1, -0.05) is 0 Å². The lowest BCUT2D eigenvalue weighted by molar-refractivity contribution is -0.384. The van der Waals surface area contributed by atoms with Crippen molar-refractivity contribution in [2.75, 3.05) is 26.2 Å². The molecule has 1 aliphatic heterocycles. The van der Waals surface area contributed by atoms with Crippen LogP contribution in [0.2, 0.25) is 0 Å². The zero-order valence-electron chi connectivity index (χ0n) is 5.95. The van der Waals surface area contributed by atoms with Gasteiger partial charge in [-0.15, -0.1) is 0 Å². The molecule has 0 unspecified atom stereocenters. The smallest absolute Gasteiger partial charge is 0.355 e. The number of amides is 2. The van der Waals surface area contributed by atoms with E-state index in [4.69, 9.17) is 0 Å². The fourth-order valence-corrected chi connectivity index (χ4v) is 0.972. The summed E-state index contributed by atoms with van der Waals surface area (Å²) in [6, 6.07) is -0.994. The molecule has 0 aromatic heterocycles. The van der Waals surface area contributed by atoms with E-state index in [2.05, 4.69) is 5.32 Å². The number of hydrogen-bond acceptors (Lipinski definition) is 4. The second kappa shape index (κ2) is 3.29. The summed E-state index contributed by atoms with van der Waals surface area (Å²) >= 11 is 0. The molecule has 2 amide bonds. The first-order valence-electron chi connectivity index (χ1n) is 3.36. The Morgan fingerprint density at radius 2 is 2.00 bits per heavy atom. The van der Waals surface area contributed by atoms with Crippen LogP contribution in [0.1, 0.15) is 0 Å². The summed E-state index contributed by atoms with van der Waals surface area (Å²) in [5, 5.41) is 13.0. The standard InChI is InChI=1S/C5H9N3O3/c9-5(8(10)11)7-3-1-6-2-4-7/h6H,1-4H2. The van der Waals surface area contributed by atoms with Gasteiger partial charge in [0, 0.05) is 18.0 Å². The Kier molecular flexibility index (Phi) is 2.37. The number of nitrogens with zero attached hydrogens (tertiary/aromatic N) is 2. The SMILES string of the molecule is O=C(N1CCNCC1)[N+](=O)[O-]. The average Bonchev–Trinajstić information content (AvgIpc) is 2.05. The first-order chi connectivity index (χ1) is 5.22. The highest BCUT2D eigenvalue weighted by molar-refractivity contribution is 5.65. The van der Waals surface area contributed by atoms with Crippen LogP contribution in [0.3, 0.4) is 0 Å². The summed E-state index contributed by atoms with van der Waals surface area (Å²) in [4.78, 5) is 21.0. The van der Waals surface area contributed by atoms with Gasteiger partial charge in [0.05, 0.1) is 0 Å². The zero-order valence-corrected chi connectivity index (χ0v) is 5.95. The van der Waals surface area contributed by atoms with Crippen molar-refractivity contribution >= 4 is 6.03 Å². The molecule has 11 heavy (non-hydrogen) atoms. The van der Waals surface area contributed by atoms with E-state index in [0.717, 1.165) is 0 Å². The van der Waals surface area contributed by atoms with Crippen molar-refractivity contribution in [2.24, 2.45) is 0 Å². The summed E-state index contributed by atoms with van der Waals surface area (Å²) in [7, 11) is 0. The highest BCUT2D eigenvalue weighted by atomic mass is 16.6. The molecule has 1 aliphatic rings. The molecule has 62 valence electrons. The maximum atomic E-state index is 10.7. The number of nitrogens with one attached hydrogen (secondary N) is 1. The molecule has 0 bridgehead atoms. The average molecular weight is 159 g/mol. The lowest BCUT2D eigenvalue weighted by Crippen LogP contribution is -2.48. The minimum absolute atomic E-state index is 0.430. The first kappa shape index (κ1) is 7.93. The predicted octanol–water partition coefficient (Wildman–Crippen LogP) is -0.712. The Balaban J connectivity index is 2.45. The van der Waals surface area contributed by atoms with Crippen LogP contribution >= 0.6 is 0 Å². The number of carbonyl (C=O) groups excluding carboxylic acids is 1. The molecular formula is C5H9N3O3. The lowest BCUT2D eigenvalue weighted by atomic mass is 10.4. The molecule has 0 aromatic rings. The van der Waals surface area contributed by atoms with Gasteiger partial charge in [-0.05, 0) is 0 Å². The third-order valence-electron chi connectivity index (χ3n) is 1.54. The predicted molar refractivity (Wildman–Crippen MR) is 36.8 cm³/mol. The van der Waals surface area contributed by atoms with Crippen molar-refractivity contribution in [3.63, 3.8) is 0 Å². The minimum Gasteiger partial charge on any atom is -0.355 e. The molecule has 1 heterocycles. The van der Waals surface area contributed by atoms with E-state index >= 15 is 0 Å². The van der Waals surface area contributed by atoms with Crippen molar-refractivity contribution in [1.29, 1.82) is 0 Å². The molecule has 0 aliphatic carbocycles. The Bertz CT molecular complexity index is 176. The van der Waals surface area contributed by atoms with Crippen LogP contribution in [-0.4, -0.2) is 42.0 Å². The van der Waals surface area contributed by atoms with Crippen molar-refractivity contribution in [3.8, 4) is 0 Å². The van der Waals surface area contributed by atoms with Gasteiger partial charge in [0.15, 0.2) is 0 Å². The molecule has 1 N–H and O–H groups in total. The van der Waals surface area contributed by atoms with Crippen molar-refractivity contribution < 1.29 is 9.72 Å². The highest BCUT2D eigenvalue weighted by Gasteiger charge is 2.26. The summed E-state index contributed by atoms with van der Waals surface area (Å²) in [5.74, 6) is 0. The lowest BCUT2D eigenvalue weighted by Gasteiger charge is -2.19. The number of urea groups is 1. The Morgan fingerprint density at radius 1 is 1.45 bits per heavy atom. The van der Waals surface area contributed by atoms with E-state index in [0.29, 0.717) is 26.2 Å². The van der Waals surface area contributed by atoms with Crippen LogP contribution in [0.25, 0.3) is 0 Å². The molecule has 6 heteroatoms. The molecule has 6 nitrogen and oxygen atoms in total. The minimum atomic E-state index is -0.994. The van der Waals surface area contributed by atoms with Crippen LogP contribution in [0.15, 0.2) is 0 Å². The van der Waals surface area contributed by atoms with Crippen LogP contribution in [0, 0.1) is 10.1 Å². The van der Waals surface area contributed by atoms with Crippen LogP contribution < -0.4 is 5.32 Å². The number of carbonyl (C=O) groups is 1. The Labute approximate surface area is 63.3 Å². The summed E-state index contributed by atoms with van der Waals surface area (Å²) in [6.45, 7) is 2.14. The highest BCUT2D eigenvalue weighted by Crippen LogP contribution is 1.94. The van der Waals surface area contributed by atoms with Gasteiger partial charge < -0.3 is 15.4 Å². The van der Waals surface area contributed by atoms with E-state index in [9.17, 15) is 14.9 Å². The van der Waals surface area contributed by atoms with Gasteiger partial charge in [-0.2, -0.15) is 4.79 Å².